The van der Waals surface area contributed by atoms with Crippen LogP contribution in [0.15, 0.2) is 66.7 Å². The van der Waals surface area contributed by atoms with Gasteiger partial charge in [-0.15, -0.1) is 11.3 Å². The molecule has 0 aliphatic rings. The largest absolute Gasteiger partial charge is 0.262 e. The first-order valence-corrected chi connectivity index (χ1v) is 5.66. The molecular weight excluding hydrogens is 234 g/mol. The van der Waals surface area contributed by atoms with Gasteiger partial charge in [0.2, 0.25) is 0 Å². The quantitative estimate of drug-likeness (QED) is 0.607. The monoisotopic (exact) mass is 245 g/mol. The van der Waals surface area contributed by atoms with Crippen LogP contribution in [0.5, 0.6) is 0 Å². The van der Waals surface area contributed by atoms with E-state index >= 15 is 0 Å². The summed E-state index contributed by atoms with van der Waals surface area (Å²) in [5, 5.41) is 1.93. The van der Waals surface area contributed by atoms with E-state index in [0.717, 1.165) is 0 Å². The Morgan fingerprint density at radius 2 is 1.24 bits per heavy atom. The van der Waals surface area contributed by atoms with Crippen LogP contribution in [-0.4, -0.2) is 24.9 Å². The number of hydrogen-bond acceptors (Lipinski definition) is 6. The standard InChI is InChI=1S/2C4H4N2.C3H3NS/c1-2-6-4-3-5-1;1-2-5-4-6-3-1;1-2-5-3-4-1/h2*1-4H;1-3H. The Bertz CT molecular complexity index is 330. The van der Waals surface area contributed by atoms with Crippen molar-refractivity contribution in [3.05, 3.63) is 66.7 Å². The molecule has 0 aromatic carbocycles. The molecule has 0 saturated carbocycles. The minimum absolute atomic E-state index is 1.50. The molecule has 0 N–H and O–H groups in total. The van der Waals surface area contributed by atoms with Gasteiger partial charge in [-0.25, -0.2) is 9.97 Å². The predicted octanol–water partition coefficient (Wildman–Crippen LogP) is 2.10. The highest BCUT2D eigenvalue weighted by Gasteiger charge is 1.60. The molecule has 0 saturated heterocycles. The van der Waals surface area contributed by atoms with Crippen molar-refractivity contribution in [2.75, 3.05) is 0 Å². The van der Waals surface area contributed by atoms with E-state index in [9.17, 15) is 0 Å². The molecule has 5 nitrogen and oxygen atoms in total. The van der Waals surface area contributed by atoms with Crippen molar-refractivity contribution in [3.8, 4) is 0 Å². The molecule has 0 amide bonds. The second-order valence-corrected chi connectivity index (χ2v) is 3.23. The normalized spacial score (nSPS) is 8.00. The lowest BCUT2D eigenvalue weighted by Crippen LogP contribution is -1.66. The van der Waals surface area contributed by atoms with Gasteiger partial charge in [0.1, 0.15) is 6.33 Å². The first-order valence-electron chi connectivity index (χ1n) is 4.72. The van der Waals surface area contributed by atoms with Crippen molar-refractivity contribution in [2.45, 2.75) is 0 Å². The maximum absolute atomic E-state index is 3.74. The third-order valence-electron chi connectivity index (χ3n) is 1.30. The van der Waals surface area contributed by atoms with Gasteiger partial charge in [-0.1, -0.05) is 0 Å². The average Bonchev–Trinajstić information content (AvgIpc) is 3.03. The summed E-state index contributed by atoms with van der Waals surface area (Å²) in [6.07, 6.45) is 13.2. The van der Waals surface area contributed by atoms with Crippen LogP contribution >= 0.6 is 11.3 Å². The van der Waals surface area contributed by atoms with Gasteiger partial charge in [-0.05, 0) is 6.07 Å². The molecule has 3 rings (SSSR count). The lowest BCUT2D eigenvalue weighted by molar-refractivity contribution is 1.17. The summed E-state index contributed by atoms with van der Waals surface area (Å²) in [7, 11) is 0. The molecule has 3 aromatic heterocycles. The summed E-state index contributed by atoms with van der Waals surface area (Å²) in [6.45, 7) is 0. The van der Waals surface area contributed by atoms with E-state index in [0.29, 0.717) is 0 Å². The third-order valence-corrected chi connectivity index (χ3v) is 1.82. The Labute approximate surface area is 103 Å². The molecule has 0 aliphatic heterocycles. The Morgan fingerprint density at radius 1 is 0.588 bits per heavy atom. The van der Waals surface area contributed by atoms with E-state index in [1.54, 1.807) is 66.3 Å². The van der Waals surface area contributed by atoms with E-state index in [1.165, 1.54) is 6.33 Å². The third kappa shape index (κ3) is 8.76. The SMILES string of the molecule is c1cnccn1.c1cncnc1.c1cscn1. The minimum atomic E-state index is 1.50. The smallest absolute Gasteiger partial charge is 0.115 e. The Hall–Kier alpha value is -2.21. The second-order valence-electron chi connectivity index (χ2n) is 2.47. The highest BCUT2D eigenvalue weighted by Crippen LogP contribution is 1.85. The van der Waals surface area contributed by atoms with Gasteiger partial charge in [-0.2, -0.15) is 0 Å². The molecule has 0 aliphatic carbocycles. The summed E-state index contributed by atoms with van der Waals surface area (Å²) in [5.41, 5.74) is 1.79. The van der Waals surface area contributed by atoms with E-state index in [-0.39, 0.29) is 0 Å². The number of hydrogen-bond donors (Lipinski definition) is 0. The highest BCUT2D eigenvalue weighted by atomic mass is 32.1. The van der Waals surface area contributed by atoms with Gasteiger partial charge >= 0.3 is 0 Å². The fourth-order valence-electron chi connectivity index (χ4n) is 0.682. The molecule has 0 fully saturated rings. The molecule has 0 bridgehead atoms. The zero-order chi connectivity index (χ0) is 12.0. The van der Waals surface area contributed by atoms with E-state index < -0.39 is 0 Å². The molecule has 86 valence electrons. The van der Waals surface area contributed by atoms with Crippen LogP contribution in [0.1, 0.15) is 0 Å². The summed E-state index contributed by atoms with van der Waals surface area (Å²) < 4.78 is 0. The van der Waals surface area contributed by atoms with Crippen molar-refractivity contribution >= 4 is 11.3 Å². The van der Waals surface area contributed by atoms with Crippen molar-refractivity contribution in [1.29, 1.82) is 0 Å². The molecule has 3 aromatic rings. The first kappa shape index (κ1) is 12.9. The van der Waals surface area contributed by atoms with Crippen molar-refractivity contribution in [2.24, 2.45) is 0 Å². The molecule has 0 atom stereocenters. The second kappa shape index (κ2) is 10.3. The van der Waals surface area contributed by atoms with Gasteiger partial charge in [-0.3, -0.25) is 15.0 Å². The zero-order valence-corrected chi connectivity index (χ0v) is 9.81. The van der Waals surface area contributed by atoms with E-state index in [4.69, 9.17) is 0 Å². The van der Waals surface area contributed by atoms with Crippen LogP contribution in [0.4, 0.5) is 0 Å². The lowest BCUT2D eigenvalue weighted by Gasteiger charge is -1.70. The summed E-state index contributed by atoms with van der Waals surface area (Å²) >= 11 is 1.60. The summed E-state index contributed by atoms with van der Waals surface area (Å²) in [5.74, 6) is 0. The Morgan fingerprint density at radius 3 is 1.41 bits per heavy atom. The van der Waals surface area contributed by atoms with Crippen molar-refractivity contribution in [1.82, 2.24) is 24.9 Å². The minimum Gasteiger partial charge on any atom is -0.262 e. The molecule has 0 unspecified atom stereocenters. The van der Waals surface area contributed by atoms with Crippen LogP contribution in [0, 0.1) is 0 Å². The molecule has 0 spiro atoms. The highest BCUT2D eigenvalue weighted by molar-refractivity contribution is 7.07. The van der Waals surface area contributed by atoms with E-state index in [1.807, 2.05) is 5.38 Å². The predicted molar refractivity (Wildman–Crippen MR) is 66.2 cm³/mol. The topological polar surface area (TPSA) is 64.5 Å². The number of aromatic nitrogens is 5. The average molecular weight is 245 g/mol. The molecular formula is C11H11N5S. The van der Waals surface area contributed by atoms with Crippen LogP contribution in [0.2, 0.25) is 0 Å². The maximum Gasteiger partial charge on any atom is 0.115 e. The van der Waals surface area contributed by atoms with Gasteiger partial charge < -0.3 is 0 Å². The Balaban J connectivity index is 0.000000128. The van der Waals surface area contributed by atoms with Gasteiger partial charge in [0, 0.05) is 48.8 Å². The van der Waals surface area contributed by atoms with Crippen LogP contribution in [0.25, 0.3) is 0 Å². The van der Waals surface area contributed by atoms with Gasteiger partial charge in [0.05, 0.1) is 5.51 Å². The molecule has 6 heteroatoms. The van der Waals surface area contributed by atoms with E-state index in [2.05, 4.69) is 24.9 Å². The number of thiazole rings is 1. The fourth-order valence-corrected chi connectivity index (χ4v) is 1.03. The van der Waals surface area contributed by atoms with Crippen LogP contribution in [-0.2, 0) is 0 Å². The fraction of sp³-hybridized carbons (Fsp3) is 0. The number of nitrogens with zero attached hydrogens (tertiary/aromatic N) is 5. The van der Waals surface area contributed by atoms with Gasteiger partial charge in [0.25, 0.3) is 0 Å². The van der Waals surface area contributed by atoms with Gasteiger partial charge in [0.15, 0.2) is 0 Å². The summed E-state index contributed by atoms with van der Waals surface area (Å²) in [4.78, 5) is 18.5. The van der Waals surface area contributed by atoms with Crippen LogP contribution in [0.3, 0.4) is 0 Å². The van der Waals surface area contributed by atoms with Crippen LogP contribution < -0.4 is 0 Å². The first-order chi connectivity index (χ1) is 8.50. The maximum atomic E-state index is 3.74. The molecule has 0 radical (unpaired) electrons. The lowest BCUT2D eigenvalue weighted by atomic mass is 10.7. The Kier molecular flexibility index (Phi) is 7.80. The molecule has 3 heterocycles. The zero-order valence-electron chi connectivity index (χ0n) is 9.00. The number of rotatable bonds is 0. The van der Waals surface area contributed by atoms with Crippen molar-refractivity contribution < 1.29 is 0 Å². The summed E-state index contributed by atoms with van der Waals surface area (Å²) in [6, 6.07) is 1.78. The molecule has 17 heavy (non-hydrogen) atoms. The van der Waals surface area contributed by atoms with Crippen molar-refractivity contribution in [3.63, 3.8) is 0 Å².